The highest BCUT2D eigenvalue weighted by molar-refractivity contribution is 5.77. The minimum absolute atomic E-state index is 0.0252. The van der Waals surface area contributed by atoms with Gasteiger partial charge in [-0.15, -0.1) is 0 Å². The van der Waals surface area contributed by atoms with Crippen molar-refractivity contribution >= 4 is 11.9 Å². The Balaban J connectivity index is 2.31. The van der Waals surface area contributed by atoms with Crippen LogP contribution >= 0.6 is 0 Å². The SMILES string of the molecule is CC(C)OCC(=O)NCC1CCCCC1C(=O)O. The number of hydrogen-bond donors (Lipinski definition) is 2. The van der Waals surface area contributed by atoms with Crippen molar-refractivity contribution in [3.8, 4) is 0 Å². The molecular weight excluding hydrogens is 234 g/mol. The van der Waals surface area contributed by atoms with Gasteiger partial charge in [0.25, 0.3) is 0 Å². The second-order valence-corrected chi connectivity index (χ2v) is 5.15. The Bertz CT molecular complexity index is 291. The minimum Gasteiger partial charge on any atom is -0.481 e. The van der Waals surface area contributed by atoms with Gasteiger partial charge < -0.3 is 15.2 Å². The van der Waals surface area contributed by atoms with E-state index in [4.69, 9.17) is 9.84 Å². The first-order chi connectivity index (χ1) is 8.50. The van der Waals surface area contributed by atoms with Gasteiger partial charge in [0.05, 0.1) is 12.0 Å². The van der Waals surface area contributed by atoms with Crippen LogP contribution in [-0.2, 0) is 14.3 Å². The van der Waals surface area contributed by atoms with Crippen LogP contribution in [0.1, 0.15) is 39.5 Å². The zero-order valence-electron chi connectivity index (χ0n) is 11.1. The van der Waals surface area contributed by atoms with Crippen LogP contribution in [0.15, 0.2) is 0 Å². The number of carbonyl (C=O) groups excluding carboxylic acids is 1. The Hall–Kier alpha value is -1.10. The molecule has 0 aromatic carbocycles. The van der Waals surface area contributed by atoms with E-state index in [-0.39, 0.29) is 30.5 Å². The van der Waals surface area contributed by atoms with Crippen molar-refractivity contribution < 1.29 is 19.4 Å². The molecule has 104 valence electrons. The van der Waals surface area contributed by atoms with Crippen molar-refractivity contribution in [1.29, 1.82) is 0 Å². The third-order valence-corrected chi connectivity index (χ3v) is 3.34. The van der Waals surface area contributed by atoms with Crippen LogP contribution in [0, 0.1) is 11.8 Å². The van der Waals surface area contributed by atoms with Gasteiger partial charge in [-0.05, 0) is 32.6 Å². The van der Waals surface area contributed by atoms with E-state index in [1.807, 2.05) is 13.8 Å². The van der Waals surface area contributed by atoms with E-state index in [1.54, 1.807) is 0 Å². The molecule has 1 saturated carbocycles. The highest BCUT2D eigenvalue weighted by atomic mass is 16.5. The first-order valence-electron chi connectivity index (χ1n) is 6.61. The minimum atomic E-state index is -0.743. The molecule has 0 heterocycles. The van der Waals surface area contributed by atoms with Crippen molar-refractivity contribution in [3.05, 3.63) is 0 Å². The summed E-state index contributed by atoms with van der Waals surface area (Å²) in [7, 11) is 0. The summed E-state index contributed by atoms with van der Waals surface area (Å²) in [6.07, 6.45) is 3.64. The lowest BCUT2D eigenvalue weighted by Gasteiger charge is -2.28. The van der Waals surface area contributed by atoms with Gasteiger partial charge >= 0.3 is 5.97 Å². The van der Waals surface area contributed by atoms with E-state index in [1.165, 1.54) is 0 Å². The summed E-state index contributed by atoms with van der Waals surface area (Å²) in [5.41, 5.74) is 0. The fraction of sp³-hybridized carbons (Fsp3) is 0.846. The fourth-order valence-corrected chi connectivity index (χ4v) is 2.32. The number of hydrogen-bond acceptors (Lipinski definition) is 3. The first kappa shape index (κ1) is 15.0. The molecule has 0 bridgehead atoms. The maximum atomic E-state index is 11.5. The first-order valence-corrected chi connectivity index (χ1v) is 6.61. The van der Waals surface area contributed by atoms with Crippen molar-refractivity contribution in [2.45, 2.75) is 45.6 Å². The maximum Gasteiger partial charge on any atom is 0.306 e. The summed E-state index contributed by atoms with van der Waals surface area (Å²) >= 11 is 0. The molecule has 0 radical (unpaired) electrons. The number of carbonyl (C=O) groups is 2. The molecule has 2 atom stereocenters. The Morgan fingerprint density at radius 1 is 1.33 bits per heavy atom. The summed E-state index contributed by atoms with van der Waals surface area (Å²) < 4.78 is 5.19. The number of rotatable bonds is 6. The number of carboxylic acid groups (broad SMARTS) is 1. The topological polar surface area (TPSA) is 75.6 Å². The van der Waals surface area contributed by atoms with Gasteiger partial charge in [-0.25, -0.2) is 0 Å². The standard InChI is InChI=1S/C13H23NO4/c1-9(2)18-8-12(15)14-7-10-5-3-4-6-11(10)13(16)17/h9-11H,3-8H2,1-2H3,(H,14,15)(H,16,17). The van der Waals surface area contributed by atoms with Crippen LogP contribution in [-0.4, -0.2) is 36.2 Å². The van der Waals surface area contributed by atoms with E-state index >= 15 is 0 Å². The zero-order chi connectivity index (χ0) is 13.5. The van der Waals surface area contributed by atoms with Crippen molar-refractivity contribution in [2.75, 3.05) is 13.2 Å². The van der Waals surface area contributed by atoms with Gasteiger partial charge in [0.1, 0.15) is 6.61 Å². The predicted molar refractivity (Wildman–Crippen MR) is 67.2 cm³/mol. The Morgan fingerprint density at radius 3 is 2.61 bits per heavy atom. The second-order valence-electron chi connectivity index (χ2n) is 5.15. The van der Waals surface area contributed by atoms with Gasteiger partial charge in [0.15, 0.2) is 0 Å². The van der Waals surface area contributed by atoms with Crippen molar-refractivity contribution in [3.63, 3.8) is 0 Å². The molecule has 1 fully saturated rings. The molecule has 1 rings (SSSR count). The molecule has 0 aromatic rings. The molecule has 1 amide bonds. The number of amides is 1. The van der Waals surface area contributed by atoms with E-state index in [0.717, 1.165) is 25.7 Å². The van der Waals surface area contributed by atoms with Gasteiger partial charge in [-0.1, -0.05) is 12.8 Å². The smallest absolute Gasteiger partial charge is 0.306 e. The third kappa shape index (κ3) is 5.04. The monoisotopic (exact) mass is 257 g/mol. The zero-order valence-corrected chi connectivity index (χ0v) is 11.1. The molecule has 0 aliphatic heterocycles. The summed E-state index contributed by atoms with van der Waals surface area (Å²) in [5, 5.41) is 11.9. The average molecular weight is 257 g/mol. The number of aliphatic carboxylic acids is 1. The molecule has 18 heavy (non-hydrogen) atoms. The molecule has 0 aromatic heterocycles. The van der Waals surface area contributed by atoms with Gasteiger partial charge in [0, 0.05) is 6.54 Å². The second kappa shape index (κ2) is 7.36. The lowest BCUT2D eigenvalue weighted by Crippen LogP contribution is -2.38. The molecule has 1 aliphatic rings. The summed E-state index contributed by atoms with van der Waals surface area (Å²) in [6.45, 7) is 4.23. The third-order valence-electron chi connectivity index (χ3n) is 3.34. The molecule has 2 N–H and O–H groups in total. The Morgan fingerprint density at radius 2 is 2.00 bits per heavy atom. The largest absolute Gasteiger partial charge is 0.481 e. The van der Waals surface area contributed by atoms with Crippen molar-refractivity contribution in [1.82, 2.24) is 5.32 Å². The maximum absolute atomic E-state index is 11.5. The number of nitrogens with one attached hydrogen (secondary N) is 1. The van der Waals surface area contributed by atoms with E-state index in [9.17, 15) is 9.59 Å². The predicted octanol–water partition coefficient (Wildman–Crippen LogP) is 1.42. The van der Waals surface area contributed by atoms with Crippen LogP contribution in [0.5, 0.6) is 0 Å². The summed E-state index contributed by atoms with van der Waals surface area (Å²) in [4.78, 5) is 22.6. The number of carboxylic acids is 1. The molecule has 0 spiro atoms. The molecule has 0 saturated heterocycles. The summed E-state index contributed by atoms with van der Waals surface area (Å²) in [5.74, 6) is -1.17. The van der Waals surface area contributed by atoms with Crippen LogP contribution in [0.4, 0.5) is 0 Å². The number of ether oxygens (including phenoxy) is 1. The van der Waals surface area contributed by atoms with E-state index in [2.05, 4.69) is 5.32 Å². The molecular formula is C13H23NO4. The van der Waals surface area contributed by atoms with Crippen LogP contribution in [0.25, 0.3) is 0 Å². The Labute approximate surface area is 108 Å². The molecule has 1 aliphatic carbocycles. The van der Waals surface area contributed by atoms with Gasteiger partial charge in [-0.3, -0.25) is 9.59 Å². The average Bonchev–Trinajstić information content (AvgIpc) is 2.34. The lowest BCUT2D eigenvalue weighted by molar-refractivity contribution is -0.145. The van der Waals surface area contributed by atoms with Gasteiger partial charge in [-0.2, -0.15) is 0 Å². The quantitative estimate of drug-likeness (QED) is 0.754. The summed E-state index contributed by atoms with van der Waals surface area (Å²) in [6, 6.07) is 0. The van der Waals surface area contributed by atoms with Crippen LogP contribution in [0.3, 0.4) is 0 Å². The normalized spacial score (nSPS) is 23.9. The fourth-order valence-electron chi connectivity index (χ4n) is 2.32. The highest BCUT2D eigenvalue weighted by Crippen LogP contribution is 2.29. The van der Waals surface area contributed by atoms with Crippen LogP contribution in [0.2, 0.25) is 0 Å². The highest BCUT2D eigenvalue weighted by Gasteiger charge is 2.30. The van der Waals surface area contributed by atoms with Crippen molar-refractivity contribution in [2.24, 2.45) is 11.8 Å². The molecule has 5 nitrogen and oxygen atoms in total. The lowest BCUT2D eigenvalue weighted by atomic mass is 9.79. The Kier molecular flexibility index (Phi) is 6.12. The van der Waals surface area contributed by atoms with E-state index < -0.39 is 5.97 Å². The van der Waals surface area contributed by atoms with Gasteiger partial charge in [0.2, 0.25) is 5.91 Å². The van der Waals surface area contributed by atoms with E-state index in [0.29, 0.717) is 6.54 Å². The molecule has 5 heteroatoms. The molecule has 2 unspecified atom stereocenters. The van der Waals surface area contributed by atoms with Crippen LogP contribution < -0.4 is 5.32 Å².